The molecule has 2 aromatic heterocycles. The first-order valence-corrected chi connectivity index (χ1v) is 8.84. The van der Waals surface area contributed by atoms with E-state index in [1.165, 1.54) is 0 Å². The van der Waals surface area contributed by atoms with E-state index in [1.54, 1.807) is 4.68 Å². The standard InChI is InChI=1S/C18H24N4O2/c1-10-16-13(18(24)20-14(7-8-23)11-3-4-11)9-15(12-5-6-12)19-17(16)22(2)21-10/h9,11-12,14,23H,3-8H2,1-2H3,(H,20,24). The molecule has 0 saturated heterocycles. The van der Waals surface area contributed by atoms with Crippen LogP contribution in [0.3, 0.4) is 0 Å². The van der Waals surface area contributed by atoms with Gasteiger partial charge in [-0.25, -0.2) is 4.98 Å². The van der Waals surface area contributed by atoms with Gasteiger partial charge in [0.1, 0.15) is 0 Å². The van der Waals surface area contributed by atoms with Crippen LogP contribution in [0.15, 0.2) is 6.07 Å². The SMILES string of the molecule is Cc1nn(C)c2nc(C3CC3)cc(C(=O)NC(CCO)C3CC3)c12. The number of nitrogens with one attached hydrogen (secondary N) is 1. The van der Waals surface area contributed by atoms with Crippen molar-refractivity contribution in [2.75, 3.05) is 6.61 Å². The number of fused-ring (bicyclic) bond motifs is 1. The molecule has 6 nitrogen and oxygen atoms in total. The Morgan fingerprint density at radius 2 is 2.17 bits per heavy atom. The summed E-state index contributed by atoms with van der Waals surface area (Å²) in [6.45, 7) is 2.02. The van der Waals surface area contributed by atoms with Crippen LogP contribution in [0.2, 0.25) is 0 Å². The number of aliphatic hydroxyl groups excluding tert-OH is 1. The summed E-state index contributed by atoms with van der Waals surface area (Å²) in [7, 11) is 1.87. The summed E-state index contributed by atoms with van der Waals surface area (Å²) >= 11 is 0. The van der Waals surface area contributed by atoms with E-state index in [2.05, 4.69) is 10.4 Å². The molecular weight excluding hydrogens is 304 g/mol. The normalized spacial score (nSPS) is 18.8. The summed E-state index contributed by atoms with van der Waals surface area (Å²) in [6.07, 6.45) is 5.18. The van der Waals surface area contributed by atoms with Gasteiger partial charge in [0.2, 0.25) is 0 Å². The average molecular weight is 328 g/mol. The van der Waals surface area contributed by atoms with E-state index in [0.717, 1.165) is 48.1 Å². The summed E-state index contributed by atoms with van der Waals surface area (Å²) in [6, 6.07) is 2.01. The molecule has 2 saturated carbocycles. The molecule has 0 aromatic carbocycles. The third kappa shape index (κ3) is 2.79. The maximum Gasteiger partial charge on any atom is 0.252 e. The van der Waals surface area contributed by atoms with Crippen LogP contribution >= 0.6 is 0 Å². The first-order valence-electron chi connectivity index (χ1n) is 8.84. The third-order valence-corrected chi connectivity index (χ3v) is 5.18. The van der Waals surface area contributed by atoms with E-state index in [9.17, 15) is 9.90 Å². The molecule has 0 radical (unpaired) electrons. The topological polar surface area (TPSA) is 80.0 Å². The highest BCUT2D eigenvalue weighted by Crippen LogP contribution is 2.40. The summed E-state index contributed by atoms with van der Waals surface area (Å²) in [5.74, 6) is 0.926. The number of amides is 1. The number of rotatable bonds is 6. The van der Waals surface area contributed by atoms with Gasteiger partial charge in [-0.1, -0.05) is 0 Å². The number of aliphatic hydroxyl groups is 1. The predicted molar refractivity (Wildman–Crippen MR) is 90.9 cm³/mol. The molecular formula is C18H24N4O2. The van der Waals surface area contributed by atoms with Gasteiger partial charge in [0.25, 0.3) is 5.91 Å². The maximum atomic E-state index is 13.0. The third-order valence-electron chi connectivity index (χ3n) is 5.18. The second kappa shape index (κ2) is 5.84. The van der Waals surface area contributed by atoms with Crippen molar-refractivity contribution in [3.05, 3.63) is 23.0 Å². The van der Waals surface area contributed by atoms with Gasteiger partial charge in [-0.05, 0) is 51.0 Å². The Morgan fingerprint density at radius 3 is 2.79 bits per heavy atom. The molecule has 1 amide bonds. The number of pyridine rings is 1. The first kappa shape index (κ1) is 15.6. The molecule has 2 aliphatic carbocycles. The van der Waals surface area contributed by atoms with E-state index in [-0.39, 0.29) is 18.6 Å². The highest BCUT2D eigenvalue weighted by atomic mass is 16.3. The molecule has 2 heterocycles. The highest BCUT2D eigenvalue weighted by molar-refractivity contribution is 6.06. The fraction of sp³-hybridized carbons (Fsp3) is 0.611. The summed E-state index contributed by atoms with van der Waals surface area (Å²) in [5, 5.41) is 17.7. The lowest BCUT2D eigenvalue weighted by Crippen LogP contribution is -2.37. The Labute approximate surface area is 141 Å². The smallest absolute Gasteiger partial charge is 0.252 e. The summed E-state index contributed by atoms with van der Waals surface area (Å²) in [4.78, 5) is 17.7. The van der Waals surface area contributed by atoms with Crippen molar-refractivity contribution in [1.82, 2.24) is 20.1 Å². The number of carbonyl (C=O) groups is 1. The molecule has 2 aliphatic rings. The fourth-order valence-corrected chi connectivity index (χ4v) is 3.54. The predicted octanol–water partition coefficient (Wildman–Crippen LogP) is 2.04. The quantitative estimate of drug-likeness (QED) is 0.850. The zero-order chi connectivity index (χ0) is 16.8. The molecule has 1 atom stereocenters. The van der Waals surface area contributed by atoms with Crippen molar-refractivity contribution in [3.8, 4) is 0 Å². The molecule has 128 valence electrons. The van der Waals surface area contributed by atoms with Crippen LogP contribution < -0.4 is 5.32 Å². The number of aryl methyl sites for hydroxylation is 2. The van der Waals surface area contributed by atoms with Crippen LogP contribution in [0, 0.1) is 12.8 Å². The number of hydrogen-bond donors (Lipinski definition) is 2. The first-order chi connectivity index (χ1) is 11.6. The molecule has 0 aliphatic heterocycles. The molecule has 0 spiro atoms. The number of hydrogen-bond acceptors (Lipinski definition) is 4. The van der Waals surface area contributed by atoms with Gasteiger partial charge in [0.05, 0.1) is 16.6 Å². The molecule has 4 rings (SSSR count). The van der Waals surface area contributed by atoms with Crippen LogP contribution in [-0.2, 0) is 7.05 Å². The van der Waals surface area contributed by atoms with Crippen LogP contribution in [0.5, 0.6) is 0 Å². The van der Waals surface area contributed by atoms with Gasteiger partial charge < -0.3 is 10.4 Å². The maximum absolute atomic E-state index is 13.0. The van der Waals surface area contributed by atoms with Gasteiger partial charge in [-0.15, -0.1) is 0 Å². The number of nitrogens with zero attached hydrogens (tertiary/aromatic N) is 3. The molecule has 2 fully saturated rings. The molecule has 24 heavy (non-hydrogen) atoms. The zero-order valence-corrected chi connectivity index (χ0v) is 14.2. The van der Waals surface area contributed by atoms with Gasteiger partial charge in [-0.2, -0.15) is 5.10 Å². The van der Waals surface area contributed by atoms with Gasteiger partial charge >= 0.3 is 0 Å². The van der Waals surface area contributed by atoms with E-state index in [1.807, 2.05) is 20.0 Å². The monoisotopic (exact) mass is 328 g/mol. The van der Waals surface area contributed by atoms with Crippen LogP contribution in [0.1, 0.15) is 59.8 Å². The second-order valence-corrected chi connectivity index (χ2v) is 7.21. The number of aromatic nitrogens is 3. The molecule has 0 bridgehead atoms. The molecule has 6 heteroatoms. The second-order valence-electron chi connectivity index (χ2n) is 7.21. The summed E-state index contributed by atoms with van der Waals surface area (Å²) in [5.41, 5.74) is 3.29. The van der Waals surface area contributed by atoms with Crippen LogP contribution in [0.4, 0.5) is 0 Å². The van der Waals surface area contributed by atoms with Crippen molar-refractivity contribution < 1.29 is 9.90 Å². The van der Waals surface area contributed by atoms with E-state index < -0.39 is 0 Å². The zero-order valence-electron chi connectivity index (χ0n) is 14.2. The van der Waals surface area contributed by atoms with E-state index >= 15 is 0 Å². The fourth-order valence-electron chi connectivity index (χ4n) is 3.54. The largest absolute Gasteiger partial charge is 0.396 e. The Morgan fingerprint density at radius 1 is 1.42 bits per heavy atom. The Balaban J connectivity index is 1.72. The average Bonchev–Trinajstić information content (AvgIpc) is 3.46. The van der Waals surface area contributed by atoms with Gasteiger partial charge in [-0.3, -0.25) is 9.48 Å². The minimum Gasteiger partial charge on any atom is -0.396 e. The summed E-state index contributed by atoms with van der Waals surface area (Å²) < 4.78 is 1.76. The minimum atomic E-state index is -0.0641. The van der Waals surface area contributed by atoms with Crippen molar-refractivity contribution in [2.24, 2.45) is 13.0 Å². The Kier molecular flexibility index (Phi) is 3.79. The van der Waals surface area contributed by atoms with Crippen LogP contribution in [0.25, 0.3) is 11.0 Å². The minimum absolute atomic E-state index is 0.0621. The lowest BCUT2D eigenvalue weighted by Gasteiger charge is -2.18. The number of carbonyl (C=O) groups excluding carboxylic acids is 1. The lowest BCUT2D eigenvalue weighted by molar-refractivity contribution is 0.0925. The van der Waals surface area contributed by atoms with Crippen molar-refractivity contribution in [2.45, 2.75) is 51.0 Å². The van der Waals surface area contributed by atoms with E-state index in [4.69, 9.17) is 4.98 Å². The van der Waals surface area contributed by atoms with Crippen molar-refractivity contribution >= 4 is 16.9 Å². The van der Waals surface area contributed by atoms with Crippen LogP contribution in [-0.4, -0.2) is 38.4 Å². The Bertz CT molecular complexity index is 790. The van der Waals surface area contributed by atoms with Crippen molar-refractivity contribution in [3.63, 3.8) is 0 Å². The lowest BCUT2D eigenvalue weighted by atomic mass is 10.0. The van der Waals surface area contributed by atoms with Crippen molar-refractivity contribution in [1.29, 1.82) is 0 Å². The Hall–Kier alpha value is -1.95. The van der Waals surface area contributed by atoms with Gasteiger partial charge in [0, 0.05) is 31.3 Å². The van der Waals surface area contributed by atoms with Gasteiger partial charge in [0.15, 0.2) is 5.65 Å². The van der Waals surface area contributed by atoms with E-state index in [0.29, 0.717) is 23.8 Å². The molecule has 1 unspecified atom stereocenters. The highest BCUT2D eigenvalue weighted by Gasteiger charge is 2.33. The molecule has 2 aromatic rings. The molecule has 2 N–H and O–H groups in total.